The monoisotopic (exact) mass is 464 g/mol. The maximum Gasteiger partial charge on any atom is 0.337 e. The number of cyclic esters (lactones) is 1. The van der Waals surface area contributed by atoms with Gasteiger partial charge in [-0.15, -0.1) is 0 Å². The molecule has 184 valence electrons. The van der Waals surface area contributed by atoms with Gasteiger partial charge in [-0.25, -0.2) is 4.79 Å². The smallest absolute Gasteiger partial charge is 0.337 e. The number of esters is 1. The van der Waals surface area contributed by atoms with E-state index in [0.29, 0.717) is 42.0 Å². The van der Waals surface area contributed by atoms with Crippen molar-refractivity contribution in [1.82, 2.24) is 0 Å². The lowest BCUT2D eigenvalue weighted by Crippen LogP contribution is -2.57. The van der Waals surface area contributed by atoms with Crippen LogP contribution in [0.25, 0.3) is 0 Å². The van der Waals surface area contributed by atoms with Gasteiger partial charge in [0.25, 0.3) is 0 Å². The van der Waals surface area contributed by atoms with Crippen LogP contribution in [0.5, 0.6) is 0 Å². The van der Waals surface area contributed by atoms with Crippen LogP contribution < -0.4 is 0 Å². The van der Waals surface area contributed by atoms with E-state index in [1.165, 1.54) is 37.7 Å². The molecule has 0 spiro atoms. The van der Waals surface area contributed by atoms with Crippen molar-refractivity contribution in [3.63, 3.8) is 0 Å². The summed E-state index contributed by atoms with van der Waals surface area (Å²) in [6.07, 6.45) is 12.3. The van der Waals surface area contributed by atoms with E-state index in [0.717, 1.165) is 37.7 Å². The molecule has 0 bridgehead atoms. The van der Waals surface area contributed by atoms with Crippen LogP contribution >= 0.6 is 0 Å². The number of aliphatic hydroxyl groups is 1. The van der Waals surface area contributed by atoms with E-state index in [-0.39, 0.29) is 11.4 Å². The summed E-state index contributed by atoms with van der Waals surface area (Å²) >= 11 is 0. The van der Waals surface area contributed by atoms with Gasteiger partial charge in [0.15, 0.2) is 0 Å². The second-order valence-electron chi connectivity index (χ2n) is 12.4. The molecule has 8 unspecified atom stereocenters. The Morgan fingerprint density at radius 3 is 2.56 bits per heavy atom. The van der Waals surface area contributed by atoms with Crippen molar-refractivity contribution < 1.29 is 19.4 Å². The van der Waals surface area contributed by atoms with Crippen LogP contribution in [0.2, 0.25) is 0 Å². The van der Waals surface area contributed by atoms with Crippen LogP contribution in [0.1, 0.15) is 77.2 Å². The van der Waals surface area contributed by atoms with E-state index in [4.69, 9.17) is 9.47 Å². The standard InChI is InChI=1S/C30H40O4/c1-28-14-10-22(34-19-20-6-4-3-5-7-20)18-21(28)8-9-23-24(28)11-15-29(2)25(23)12-16-30(29,32)26-13-17-33-27(26)31/h3-7,13,21-25,32H,8-12,14-19H2,1-2H3. The minimum absolute atomic E-state index is 0.220. The molecule has 1 heterocycles. The Kier molecular flexibility index (Phi) is 5.50. The van der Waals surface area contributed by atoms with Gasteiger partial charge in [-0.3, -0.25) is 0 Å². The number of rotatable bonds is 4. The average molecular weight is 465 g/mol. The van der Waals surface area contributed by atoms with Crippen molar-refractivity contribution >= 4 is 5.97 Å². The maximum atomic E-state index is 12.4. The van der Waals surface area contributed by atoms with Crippen LogP contribution in [0.4, 0.5) is 0 Å². The summed E-state index contributed by atoms with van der Waals surface area (Å²) in [5.41, 5.74) is 0.954. The molecule has 4 fully saturated rings. The zero-order valence-electron chi connectivity index (χ0n) is 20.8. The molecular formula is C30H40O4. The third-order valence-electron chi connectivity index (χ3n) is 11.3. The fourth-order valence-corrected chi connectivity index (χ4v) is 9.32. The second kappa shape index (κ2) is 8.20. The number of hydrogen-bond donors (Lipinski definition) is 1. The number of benzene rings is 1. The Morgan fingerprint density at radius 1 is 1.00 bits per heavy atom. The Labute approximate surface area is 204 Å². The first kappa shape index (κ1) is 22.8. The Bertz CT molecular complexity index is 971. The van der Waals surface area contributed by atoms with Gasteiger partial charge in [0.1, 0.15) is 12.2 Å². The van der Waals surface area contributed by atoms with E-state index < -0.39 is 5.60 Å². The molecule has 1 aromatic carbocycles. The third-order valence-corrected chi connectivity index (χ3v) is 11.3. The van der Waals surface area contributed by atoms with E-state index in [1.54, 1.807) is 0 Å². The Morgan fingerprint density at radius 2 is 1.79 bits per heavy atom. The molecule has 1 aromatic rings. The molecule has 5 aliphatic rings. The van der Waals surface area contributed by atoms with E-state index in [2.05, 4.69) is 44.2 Å². The molecule has 0 radical (unpaired) electrons. The van der Waals surface area contributed by atoms with Crippen LogP contribution in [-0.4, -0.2) is 29.4 Å². The molecular weight excluding hydrogens is 424 g/mol. The van der Waals surface area contributed by atoms with Crippen molar-refractivity contribution in [3.05, 3.63) is 47.5 Å². The zero-order valence-corrected chi connectivity index (χ0v) is 20.8. The van der Waals surface area contributed by atoms with Gasteiger partial charge in [0.05, 0.1) is 18.3 Å². The first-order valence-corrected chi connectivity index (χ1v) is 13.6. The molecule has 4 saturated carbocycles. The van der Waals surface area contributed by atoms with E-state index >= 15 is 0 Å². The first-order chi connectivity index (χ1) is 16.3. The van der Waals surface area contributed by atoms with Gasteiger partial charge in [-0.05, 0) is 98.5 Å². The van der Waals surface area contributed by atoms with Gasteiger partial charge in [-0.2, -0.15) is 0 Å². The lowest BCUT2D eigenvalue weighted by molar-refractivity contribution is -0.159. The zero-order chi connectivity index (χ0) is 23.6. The highest BCUT2D eigenvalue weighted by molar-refractivity contribution is 5.93. The number of ether oxygens (including phenoxy) is 2. The largest absolute Gasteiger partial charge is 0.458 e. The Balaban J connectivity index is 1.17. The highest BCUT2D eigenvalue weighted by Crippen LogP contribution is 2.69. The van der Waals surface area contributed by atoms with Crippen molar-refractivity contribution in [1.29, 1.82) is 0 Å². The molecule has 4 nitrogen and oxygen atoms in total. The second-order valence-corrected chi connectivity index (χ2v) is 12.4. The summed E-state index contributed by atoms with van der Waals surface area (Å²) in [7, 11) is 0. The normalized spacial score (nSPS) is 45.7. The highest BCUT2D eigenvalue weighted by atomic mass is 16.5. The van der Waals surface area contributed by atoms with Gasteiger partial charge in [0.2, 0.25) is 0 Å². The molecule has 34 heavy (non-hydrogen) atoms. The van der Waals surface area contributed by atoms with Gasteiger partial charge in [-0.1, -0.05) is 44.2 Å². The molecule has 8 atom stereocenters. The summed E-state index contributed by atoms with van der Waals surface area (Å²) in [5.74, 6) is 2.33. The van der Waals surface area contributed by atoms with E-state index in [9.17, 15) is 9.90 Å². The fourth-order valence-electron chi connectivity index (χ4n) is 9.32. The van der Waals surface area contributed by atoms with Crippen LogP contribution in [-0.2, 0) is 20.9 Å². The van der Waals surface area contributed by atoms with Crippen LogP contribution in [0, 0.1) is 34.5 Å². The number of carbonyl (C=O) groups is 1. The topological polar surface area (TPSA) is 55.8 Å². The van der Waals surface area contributed by atoms with Crippen LogP contribution in [0.15, 0.2) is 42.0 Å². The summed E-state index contributed by atoms with van der Waals surface area (Å²) in [6.45, 7) is 5.88. The van der Waals surface area contributed by atoms with Gasteiger partial charge in [0, 0.05) is 5.41 Å². The Hall–Kier alpha value is -1.65. The summed E-state index contributed by atoms with van der Waals surface area (Å²) in [6, 6.07) is 10.5. The minimum atomic E-state index is -1.02. The predicted octanol–water partition coefficient (Wildman–Crippen LogP) is 5.83. The van der Waals surface area contributed by atoms with Crippen molar-refractivity contribution in [2.24, 2.45) is 34.5 Å². The van der Waals surface area contributed by atoms with Crippen molar-refractivity contribution in [2.45, 2.75) is 89.9 Å². The molecule has 0 saturated heterocycles. The molecule has 4 aliphatic carbocycles. The predicted molar refractivity (Wildman–Crippen MR) is 131 cm³/mol. The lowest BCUT2D eigenvalue weighted by Gasteiger charge is -2.61. The van der Waals surface area contributed by atoms with Crippen molar-refractivity contribution in [2.75, 3.05) is 6.61 Å². The highest BCUT2D eigenvalue weighted by Gasteiger charge is 2.66. The quantitative estimate of drug-likeness (QED) is 0.570. The SMILES string of the molecule is CC12CCC(OCc3ccccc3)CC1CCC1C2CCC2(C)C1CCC2(O)C1=CCOC1=O. The number of fused-ring (bicyclic) bond motifs is 5. The van der Waals surface area contributed by atoms with E-state index in [1.807, 2.05) is 6.08 Å². The molecule has 1 aliphatic heterocycles. The first-order valence-electron chi connectivity index (χ1n) is 13.6. The summed E-state index contributed by atoms with van der Waals surface area (Å²) < 4.78 is 11.6. The lowest BCUT2D eigenvalue weighted by atomic mass is 9.44. The number of carbonyl (C=O) groups excluding carboxylic acids is 1. The average Bonchev–Trinajstić information content (AvgIpc) is 3.39. The fraction of sp³-hybridized carbons (Fsp3) is 0.700. The molecule has 0 amide bonds. The third kappa shape index (κ3) is 3.27. The summed E-state index contributed by atoms with van der Waals surface area (Å²) in [4.78, 5) is 12.4. The molecule has 0 aromatic heterocycles. The van der Waals surface area contributed by atoms with Gasteiger partial charge < -0.3 is 14.6 Å². The summed E-state index contributed by atoms with van der Waals surface area (Å²) in [5, 5.41) is 11.9. The molecule has 6 rings (SSSR count). The number of hydrogen-bond acceptors (Lipinski definition) is 4. The van der Waals surface area contributed by atoms with Crippen LogP contribution in [0.3, 0.4) is 0 Å². The molecule has 4 heteroatoms. The van der Waals surface area contributed by atoms with Crippen molar-refractivity contribution in [3.8, 4) is 0 Å². The molecule has 1 N–H and O–H groups in total. The maximum absolute atomic E-state index is 12.4. The van der Waals surface area contributed by atoms with Gasteiger partial charge >= 0.3 is 5.97 Å². The minimum Gasteiger partial charge on any atom is -0.458 e.